The van der Waals surface area contributed by atoms with E-state index in [2.05, 4.69) is 38.3 Å². The standard InChI is InChI=1S/C11H24N2S/c1-5-7-8-12-10(14)13-9-11(3,4)6-2/h5-9H2,1-4H3,(H2,12,13,14). The maximum absolute atomic E-state index is 5.16. The Labute approximate surface area is 93.8 Å². The predicted molar refractivity (Wildman–Crippen MR) is 67.6 cm³/mol. The predicted octanol–water partition coefficient (Wildman–Crippen LogP) is 2.69. The second-order valence-corrected chi connectivity index (χ2v) is 4.89. The van der Waals surface area contributed by atoms with Crippen LogP contribution in [-0.4, -0.2) is 18.2 Å². The molecule has 0 amide bonds. The van der Waals surface area contributed by atoms with Crippen LogP contribution >= 0.6 is 12.2 Å². The van der Waals surface area contributed by atoms with E-state index in [4.69, 9.17) is 12.2 Å². The van der Waals surface area contributed by atoms with Crippen LogP contribution in [0.1, 0.15) is 47.0 Å². The van der Waals surface area contributed by atoms with Gasteiger partial charge in [-0.25, -0.2) is 0 Å². The molecule has 0 bridgehead atoms. The molecule has 0 aromatic rings. The minimum Gasteiger partial charge on any atom is -0.363 e. The highest BCUT2D eigenvalue weighted by Gasteiger charge is 2.14. The highest BCUT2D eigenvalue weighted by molar-refractivity contribution is 7.80. The maximum Gasteiger partial charge on any atom is 0.166 e. The smallest absolute Gasteiger partial charge is 0.166 e. The summed E-state index contributed by atoms with van der Waals surface area (Å²) in [6.07, 6.45) is 3.55. The average Bonchev–Trinajstić information content (AvgIpc) is 2.16. The van der Waals surface area contributed by atoms with Crippen LogP contribution in [0.4, 0.5) is 0 Å². The Kier molecular flexibility index (Phi) is 6.89. The van der Waals surface area contributed by atoms with E-state index in [9.17, 15) is 0 Å². The Bertz CT molecular complexity index is 167. The first-order valence-corrected chi connectivity index (χ1v) is 5.94. The van der Waals surface area contributed by atoms with E-state index in [1.807, 2.05) is 0 Å². The van der Waals surface area contributed by atoms with Gasteiger partial charge in [-0.3, -0.25) is 0 Å². The molecule has 0 aliphatic heterocycles. The molecule has 0 saturated heterocycles. The lowest BCUT2D eigenvalue weighted by atomic mass is 9.90. The quantitative estimate of drug-likeness (QED) is 0.527. The van der Waals surface area contributed by atoms with Gasteiger partial charge in [0.1, 0.15) is 0 Å². The van der Waals surface area contributed by atoms with E-state index in [0.717, 1.165) is 24.6 Å². The van der Waals surface area contributed by atoms with Gasteiger partial charge < -0.3 is 10.6 Å². The van der Waals surface area contributed by atoms with E-state index in [1.54, 1.807) is 0 Å². The van der Waals surface area contributed by atoms with Crippen molar-refractivity contribution < 1.29 is 0 Å². The van der Waals surface area contributed by atoms with Crippen molar-refractivity contribution in [3.63, 3.8) is 0 Å². The third-order valence-electron chi connectivity index (χ3n) is 2.50. The summed E-state index contributed by atoms with van der Waals surface area (Å²) in [6.45, 7) is 10.8. The van der Waals surface area contributed by atoms with Crippen molar-refractivity contribution in [1.82, 2.24) is 10.6 Å². The summed E-state index contributed by atoms with van der Waals surface area (Å²) in [5.74, 6) is 0. The van der Waals surface area contributed by atoms with Crippen molar-refractivity contribution >= 4 is 17.3 Å². The van der Waals surface area contributed by atoms with Crippen molar-refractivity contribution in [2.75, 3.05) is 13.1 Å². The summed E-state index contributed by atoms with van der Waals surface area (Å²) in [5, 5.41) is 7.25. The Morgan fingerprint density at radius 2 is 1.86 bits per heavy atom. The van der Waals surface area contributed by atoms with Crippen LogP contribution in [0, 0.1) is 5.41 Å². The van der Waals surface area contributed by atoms with Gasteiger partial charge in [0, 0.05) is 13.1 Å². The molecule has 0 spiro atoms. The molecule has 0 radical (unpaired) electrons. The zero-order chi connectivity index (χ0) is 11.0. The topological polar surface area (TPSA) is 24.1 Å². The van der Waals surface area contributed by atoms with E-state index in [-0.39, 0.29) is 0 Å². The molecule has 0 unspecified atom stereocenters. The second-order valence-electron chi connectivity index (χ2n) is 4.48. The molecule has 84 valence electrons. The molecule has 0 aliphatic carbocycles. The van der Waals surface area contributed by atoms with Crippen LogP contribution in [-0.2, 0) is 0 Å². The monoisotopic (exact) mass is 216 g/mol. The zero-order valence-electron chi connectivity index (χ0n) is 9.94. The molecule has 0 fully saturated rings. The Morgan fingerprint density at radius 1 is 1.21 bits per heavy atom. The first-order chi connectivity index (χ1) is 6.52. The van der Waals surface area contributed by atoms with Crippen molar-refractivity contribution in [2.45, 2.75) is 47.0 Å². The van der Waals surface area contributed by atoms with Crippen LogP contribution in [0.2, 0.25) is 0 Å². The first kappa shape index (κ1) is 13.7. The van der Waals surface area contributed by atoms with Gasteiger partial charge in [0.15, 0.2) is 5.11 Å². The number of nitrogens with one attached hydrogen (secondary N) is 2. The Morgan fingerprint density at radius 3 is 2.36 bits per heavy atom. The van der Waals surface area contributed by atoms with Gasteiger partial charge in [-0.15, -0.1) is 0 Å². The molecule has 0 rings (SSSR count). The molecule has 2 N–H and O–H groups in total. The number of hydrogen-bond donors (Lipinski definition) is 2. The molecule has 0 aliphatic rings. The summed E-state index contributed by atoms with van der Waals surface area (Å²) in [7, 11) is 0. The summed E-state index contributed by atoms with van der Waals surface area (Å²) < 4.78 is 0. The zero-order valence-corrected chi connectivity index (χ0v) is 10.8. The van der Waals surface area contributed by atoms with Gasteiger partial charge in [-0.2, -0.15) is 0 Å². The number of thiocarbonyl (C=S) groups is 1. The third-order valence-corrected chi connectivity index (χ3v) is 2.79. The summed E-state index contributed by atoms with van der Waals surface area (Å²) >= 11 is 5.16. The summed E-state index contributed by atoms with van der Waals surface area (Å²) in [5.41, 5.74) is 0.330. The molecule has 2 nitrogen and oxygen atoms in total. The van der Waals surface area contributed by atoms with E-state index in [1.165, 1.54) is 12.8 Å². The normalized spacial score (nSPS) is 11.1. The van der Waals surface area contributed by atoms with E-state index < -0.39 is 0 Å². The molecule has 3 heteroatoms. The van der Waals surface area contributed by atoms with Gasteiger partial charge in [-0.05, 0) is 30.5 Å². The lowest BCUT2D eigenvalue weighted by molar-refractivity contribution is 0.349. The highest BCUT2D eigenvalue weighted by atomic mass is 32.1. The molecule has 0 saturated carbocycles. The maximum atomic E-state index is 5.16. The molecule has 0 heterocycles. The lowest BCUT2D eigenvalue weighted by Gasteiger charge is -2.23. The minimum absolute atomic E-state index is 0.330. The van der Waals surface area contributed by atoms with Gasteiger partial charge in [0.25, 0.3) is 0 Å². The van der Waals surface area contributed by atoms with E-state index >= 15 is 0 Å². The average molecular weight is 216 g/mol. The molecule has 0 aromatic carbocycles. The van der Waals surface area contributed by atoms with E-state index in [0.29, 0.717) is 5.41 Å². The molecular weight excluding hydrogens is 192 g/mol. The van der Waals surface area contributed by atoms with Crippen LogP contribution in [0.15, 0.2) is 0 Å². The first-order valence-electron chi connectivity index (χ1n) is 5.53. The van der Waals surface area contributed by atoms with Crippen molar-refractivity contribution in [3.8, 4) is 0 Å². The van der Waals surface area contributed by atoms with Crippen molar-refractivity contribution in [2.24, 2.45) is 5.41 Å². The Hall–Kier alpha value is -0.310. The third kappa shape index (κ3) is 7.13. The summed E-state index contributed by atoms with van der Waals surface area (Å²) in [6, 6.07) is 0. The Balaban J connectivity index is 3.53. The highest BCUT2D eigenvalue weighted by Crippen LogP contribution is 2.17. The molecule has 14 heavy (non-hydrogen) atoms. The fraction of sp³-hybridized carbons (Fsp3) is 0.909. The second kappa shape index (κ2) is 7.04. The van der Waals surface area contributed by atoms with Crippen molar-refractivity contribution in [1.29, 1.82) is 0 Å². The molecule has 0 aromatic heterocycles. The summed E-state index contributed by atoms with van der Waals surface area (Å²) in [4.78, 5) is 0. The van der Waals surface area contributed by atoms with Crippen LogP contribution in [0.25, 0.3) is 0 Å². The van der Waals surface area contributed by atoms with Gasteiger partial charge >= 0.3 is 0 Å². The van der Waals surface area contributed by atoms with Crippen LogP contribution < -0.4 is 10.6 Å². The van der Waals surface area contributed by atoms with Gasteiger partial charge in [-0.1, -0.05) is 34.1 Å². The minimum atomic E-state index is 0.330. The van der Waals surface area contributed by atoms with Crippen molar-refractivity contribution in [3.05, 3.63) is 0 Å². The molecule has 0 atom stereocenters. The number of unbranched alkanes of at least 4 members (excludes halogenated alkanes) is 1. The lowest BCUT2D eigenvalue weighted by Crippen LogP contribution is -2.40. The van der Waals surface area contributed by atoms with Crippen LogP contribution in [0.3, 0.4) is 0 Å². The number of hydrogen-bond acceptors (Lipinski definition) is 1. The number of rotatable bonds is 6. The fourth-order valence-corrected chi connectivity index (χ4v) is 1.06. The van der Waals surface area contributed by atoms with Crippen LogP contribution in [0.5, 0.6) is 0 Å². The fourth-order valence-electron chi connectivity index (χ4n) is 0.886. The van der Waals surface area contributed by atoms with Gasteiger partial charge in [0.05, 0.1) is 0 Å². The SMILES string of the molecule is CCCCNC(=S)NCC(C)(C)CC. The largest absolute Gasteiger partial charge is 0.363 e. The molecular formula is C11H24N2S. The van der Waals surface area contributed by atoms with Gasteiger partial charge in [0.2, 0.25) is 0 Å².